The van der Waals surface area contributed by atoms with Gasteiger partial charge in [0.2, 0.25) is 0 Å². The molecule has 0 aliphatic rings. The van der Waals surface area contributed by atoms with Crippen molar-refractivity contribution >= 4 is 0 Å². The van der Waals surface area contributed by atoms with Gasteiger partial charge in [-0.25, -0.2) is 0 Å². The average Bonchev–Trinajstić information content (AvgIpc) is 2.11. The Hall–Kier alpha value is -0.740. The molecule has 0 bridgehead atoms. The van der Waals surface area contributed by atoms with Crippen molar-refractivity contribution in [1.82, 2.24) is 0 Å². The van der Waals surface area contributed by atoms with Crippen LogP contribution in [-0.2, 0) is 0 Å². The van der Waals surface area contributed by atoms with Crippen molar-refractivity contribution in [3.8, 4) is 0 Å². The van der Waals surface area contributed by atoms with Gasteiger partial charge in [-0.05, 0) is 31.8 Å². The lowest BCUT2D eigenvalue weighted by Crippen LogP contribution is -1.81. The summed E-state index contributed by atoms with van der Waals surface area (Å²) < 4.78 is 0. The zero-order valence-corrected chi connectivity index (χ0v) is 8.40. The van der Waals surface area contributed by atoms with Crippen LogP contribution in [0.4, 0.5) is 0 Å². The Labute approximate surface area is 76.7 Å². The Morgan fingerprint density at radius 1 is 1.42 bits per heavy atom. The Morgan fingerprint density at radius 2 is 2.17 bits per heavy atom. The largest absolute Gasteiger partial charge is 0.133 e. The summed E-state index contributed by atoms with van der Waals surface area (Å²) in [5.41, 5.74) is 4.36. The van der Waals surface area contributed by atoms with E-state index in [-0.39, 0.29) is 0 Å². The SMILES string of the molecule is C=C=CCC=C(CC)CCCC. The normalized spacial score (nSPS) is 11.0. The van der Waals surface area contributed by atoms with Crippen molar-refractivity contribution in [3.05, 3.63) is 30.0 Å². The van der Waals surface area contributed by atoms with Gasteiger partial charge in [0.05, 0.1) is 0 Å². The topological polar surface area (TPSA) is 0 Å². The molecule has 0 fully saturated rings. The lowest BCUT2D eigenvalue weighted by atomic mass is 10.1. The Bertz CT molecular complexity index is 168. The standard InChI is InChI=1S/C12H20/c1-4-7-9-11-12(6-3)10-8-5-2/h7,11H,1,5-6,8-10H2,2-3H3. The van der Waals surface area contributed by atoms with Crippen LogP contribution in [-0.4, -0.2) is 0 Å². The molecule has 0 nitrogen and oxygen atoms in total. The van der Waals surface area contributed by atoms with E-state index in [4.69, 9.17) is 0 Å². The third-order valence-corrected chi connectivity index (χ3v) is 1.97. The highest BCUT2D eigenvalue weighted by Crippen LogP contribution is 2.11. The van der Waals surface area contributed by atoms with Gasteiger partial charge in [0, 0.05) is 0 Å². The number of allylic oxidation sites excluding steroid dienone is 3. The summed E-state index contributed by atoms with van der Waals surface area (Å²) >= 11 is 0. The minimum atomic E-state index is 0.996. The van der Waals surface area contributed by atoms with Gasteiger partial charge in [-0.3, -0.25) is 0 Å². The maximum atomic E-state index is 3.54. The van der Waals surface area contributed by atoms with Crippen molar-refractivity contribution in [3.63, 3.8) is 0 Å². The molecule has 0 saturated carbocycles. The highest BCUT2D eigenvalue weighted by molar-refractivity contribution is 5.03. The van der Waals surface area contributed by atoms with Crippen molar-refractivity contribution in [2.75, 3.05) is 0 Å². The fraction of sp³-hybridized carbons (Fsp3) is 0.583. The number of hydrogen-bond acceptors (Lipinski definition) is 0. The molecule has 0 aliphatic carbocycles. The quantitative estimate of drug-likeness (QED) is 0.407. The summed E-state index contributed by atoms with van der Waals surface area (Å²) in [5, 5.41) is 0. The second-order valence-corrected chi connectivity index (χ2v) is 2.96. The zero-order chi connectivity index (χ0) is 9.23. The average molecular weight is 164 g/mol. The molecule has 0 rings (SSSR count). The van der Waals surface area contributed by atoms with Gasteiger partial charge in [-0.1, -0.05) is 38.5 Å². The van der Waals surface area contributed by atoms with Crippen molar-refractivity contribution in [2.45, 2.75) is 46.0 Å². The van der Waals surface area contributed by atoms with E-state index in [1.54, 1.807) is 5.57 Å². The second kappa shape index (κ2) is 8.36. The first kappa shape index (κ1) is 11.3. The van der Waals surface area contributed by atoms with Gasteiger partial charge in [-0.2, -0.15) is 0 Å². The summed E-state index contributed by atoms with van der Waals surface area (Å²) in [4.78, 5) is 0. The molecule has 0 unspecified atom stereocenters. The molecule has 0 heterocycles. The van der Waals surface area contributed by atoms with Crippen LogP contribution in [0.5, 0.6) is 0 Å². The van der Waals surface area contributed by atoms with Crippen LogP contribution < -0.4 is 0 Å². The minimum Gasteiger partial charge on any atom is -0.133 e. The third-order valence-electron chi connectivity index (χ3n) is 1.97. The highest BCUT2D eigenvalue weighted by Gasteiger charge is 1.91. The first-order chi connectivity index (χ1) is 5.85. The molecule has 0 aromatic rings. The summed E-state index contributed by atoms with van der Waals surface area (Å²) in [7, 11) is 0. The number of unbranched alkanes of at least 4 members (excludes halogenated alkanes) is 1. The third kappa shape index (κ3) is 6.00. The van der Waals surface area contributed by atoms with E-state index >= 15 is 0 Å². The van der Waals surface area contributed by atoms with E-state index in [2.05, 4.69) is 32.2 Å². The summed E-state index contributed by atoms with van der Waals surface area (Å²) in [6.07, 6.45) is 10.3. The second-order valence-electron chi connectivity index (χ2n) is 2.96. The van der Waals surface area contributed by atoms with Gasteiger partial charge in [-0.15, -0.1) is 5.73 Å². The van der Waals surface area contributed by atoms with Crippen LogP contribution in [0.15, 0.2) is 30.0 Å². The Kier molecular flexibility index (Phi) is 7.84. The van der Waals surface area contributed by atoms with Gasteiger partial charge >= 0.3 is 0 Å². The molecule has 68 valence electrons. The molecule has 0 aliphatic heterocycles. The summed E-state index contributed by atoms with van der Waals surface area (Å²) in [6, 6.07) is 0. The van der Waals surface area contributed by atoms with Crippen LogP contribution in [0.3, 0.4) is 0 Å². The van der Waals surface area contributed by atoms with Crippen LogP contribution in [0, 0.1) is 0 Å². The van der Waals surface area contributed by atoms with Crippen LogP contribution in [0.25, 0.3) is 0 Å². The van der Waals surface area contributed by atoms with Gasteiger partial charge < -0.3 is 0 Å². The first-order valence-electron chi connectivity index (χ1n) is 4.87. The predicted molar refractivity (Wildman–Crippen MR) is 56.2 cm³/mol. The molecule has 0 spiro atoms. The molecular formula is C12H20. The first-order valence-corrected chi connectivity index (χ1v) is 4.87. The van der Waals surface area contributed by atoms with E-state index in [0.29, 0.717) is 0 Å². The van der Waals surface area contributed by atoms with Crippen molar-refractivity contribution < 1.29 is 0 Å². The van der Waals surface area contributed by atoms with E-state index < -0.39 is 0 Å². The number of hydrogen-bond donors (Lipinski definition) is 0. The van der Waals surface area contributed by atoms with E-state index in [1.807, 2.05) is 6.08 Å². The fourth-order valence-corrected chi connectivity index (χ4v) is 1.14. The Balaban J connectivity index is 3.77. The molecule has 0 heteroatoms. The van der Waals surface area contributed by atoms with Gasteiger partial charge in [0.25, 0.3) is 0 Å². The van der Waals surface area contributed by atoms with Gasteiger partial charge in [0.15, 0.2) is 0 Å². The highest BCUT2D eigenvalue weighted by atomic mass is 14.0. The molecule has 0 saturated heterocycles. The molecule has 0 N–H and O–H groups in total. The fourth-order valence-electron chi connectivity index (χ4n) is 1.14. The van der Waals surface area contributed by atoms with Crippen molar-refractivity contribution in [1.29, 1.82) is 0 Å². The lowest BCUT2D eigenvalue weighted by Gasteiger charge is -2.01. The summed E-state index contributed by atoms with van der Waals surface area (Å²) in [5.74, 6) is 0. The Morgan fingerprint density at radius 3 is 2.67 bits per heavy atom. The smallest absolute Gasteiger partial charge is 0.00905 e. The van der Waals surface area contributed by atoms with E-state index in [9.17, 15) is 0 Å². The molecular weight excluding hydrogens is 144 g/mol. The molecule has 0 aromatic carbocycles. The monoisotopic (exact) mass is 164 g/mol. The van der Waals surface area contributed by atoms with Gasteiger partial charge in [0.1, 0.15) is 0 Å². The molecule has 0 atom stereocenters. The van der Waals surface area contributed by atoms with Crippen LogP contribution >= 0.6 is 0 Å². The number of rotatable bonds is 6. The zero-order valence-electron chi connectivity index (χ0n) is 8.40. The maximum absolute atomic E-state index is 3.54. The molecule has 0 amide bonds. The maximum Gasteiger partial charge on any atom is -0.00905 e. The van der Waals surface area contributed by atoms with Crippen LogP contribution in [0.2, 0.25) is 0 Å². The molecule has 0 aromatic heterocycles. The molecule has 12 heavy (non-hydrogen) atoms. The van der Waals surface area contributed by atoms with E-state index in [0.717, 1.165) is 6.42 Å². The van der Waals surface area contributed by atoms with Crippen LogP contribution in [0.1, 0.15) is 46.0 Å². The minimum absolute atomic E-state index is 0.996. The van der Waals surface area contributed by atoms with Crippen molar-refractivity contribution in [2.24, 2.45) is 0 Å². The lowest BCUT2D eigenvalue weighted by molar-refractivity contribution is 0.763. The molecule has 0 radical (unpaired) electrons. The predicted octanol–water partition coefficient (Wildman–Crippen LogP) is 4.24. The summed E-state index contributed by atoms with van der Waals surface area (Å²) in [6.45, 7) is 7.99. The van der Waals surface area contributed by atoms with E-state index in [1.165, 1.54) is 25.7 Å².